The molecule has 0 aromatic heterocycles. The lowest BCUT2D eigenvalue weighted by Gasteiger charge is -1.88. The van der Waals surface area contributed by atoms with Crippen LogP contribution in [0.2, 0.25) is 5.02 Å². The third-order valence-electron chi connectivity index (χ3n) is 1.72. The molecule has 0 saturated carbocycles. The first-order valence-corrected chi connectivity index (χ1v) is 5.30. The first-order valence-electron chi connectivity index (χ1n) is 4.92. The average molecular weight is 199 g/mol. The van der Waals surface area contributed by atoms with Crippen LogP contribution in [-0.2, 0) is 0 Å². The summed E-state index contributed by atoms with van der Waals surface area (Å²) >= 11 is 5.61. The van der Waals surface area contributed by atoms with Gasteiger partial charge in [-0.05, 0) is 19.1 Å². The third-order valence-corrected chi connectivity index (χ3v) is 1.97. The van der Waals surface area contributed by atoms with E-state index in [0.717, 1.165) is 5.02 Å². The summed E-state index contributed by atoms with van der Waals surface area (Å²) < 4.78 is 0. The number of benzene rings is 1. The van der Waals surface area contributed by atoms with Crippen LogP contribution in [0.5, 0.6) is 0 Å². The van der Waals surface area contributed by atoms with Gasteiger partial charge in [0.25, 0.3) is 0 Å². The van der Waals surface area contributed by atoms with E-state index in [1.165, 1.54) is 24.8 Å². The monoisotopic (exact) mass is 198 g/mol. The van der Waals surface area contributed by atoms with E-state index in [1.54, 1.807) is 0 Å². The Hall–Kier alpha value is -0.490. The van der Waals surface area contributed by atoms with Crippen molar-refractivity contribution in [2.45, 2.75) is 40.0 Å². The number of hydrogen-bond donors (Lipinski definition) is 0. The molecule has 0 atom stereocenters. The van der Waals surface area contributed by atoms with Crippen LogP contribution >= 0.6 is 11.6 Å². The molecule has 0 nitrogen and oxygen atoms in total. The summed E-state index contributed by atoms with van der Waals surface area (Å²) in [6, 6.07) is 7.75. The van der Waals surface area contributed by atoms with E-state index in [4.69, 9.17) is 11.6 Å². The van der Waals surface area contributed by atoms with Crippen LogP contribution < -0.4 is 0 Å². The van der Waals surface area contributed by atoms with Gasteiger partial charge in [-0.25, -0.2) is 0 Å². The molecule has 0 saturated heterocycles. The molecule has 0 aliphatic carbocycles. The molecule has 74 valence electrons. The largest absolute Gasteiger partial charge is 0.0843 e. The predicted octanol–water partition coefficient (Wildman–Crippen LogP) is 4.84. The zero-order valence-electron chi connectivity index (χ0n) is 8.81. The van der Waals surface area contributed by atoms with E-state index >= 15 is 0 Å². The van der Waals surface area contributed by atoms with Gasteiger partial charge in [0.05, 0.1) is 0 Å². The second kappa shape index (κ2) is 8.12. The quantitative estimate of drug-likeness (QED) is 0.638. The minimum absolute atomic E-state index is 0.801. The number of unbranched alkanes of at least 4 members (excludes halogenated alkanes) is 2. The van der Waals surface area contributed by atoms with Gasteiger partial charge in [0, 0.05) is 5.02 Å². The summed E-state index contributed by atoms with van der Waals surface area (Å²) in [5.41, 5.74) is 1.24. The van der Waals surface area contributed by atoms with Crippen LogP contribution in [0.4, 0.5) is 0 Å². The van der Waals surface area contributed by atoms with Gasteiger partial charge in [-0.1, -0.05) is 62.4 Å². The van der Waals surface area contributed by atoms with E-state index in [9.17, 15) is 0 Å². The number of hydrogen-bond acceptors (Lipinski definition) is 0. The molecule has 0 radical (unpaired) electrons. The minimum Gasteiger partial charge on any atom is -0.0843 e. The molecule has 1 heteroatoms. The summed E-state index contributed by atoms with van der Waals surface area (Å²) in [7, 11) is 0. The van der Waals surface area contributed by atoms with E-state index in [0.29, 0.717) is 0 Å². The average Bonchev–Trinajstić information content (AvgIpc) is 2.13. The van der Waals surface area contributed by atoms with Crippen molar-refractivity contribution in [3.8, 4) is 0 Å². The molecular formula is C12H19Cl. The fourth-order valence-corrected chi connectivity index (χ4v) is 1.01. The van der Waals surface area contributed by atoms with Crippen molar-refractivity contribution >= 4 is 11.6 Å². The standard InChI is InChI=1S/C7H7Cl.C5H12/c1-6-2-4-7(8)5-3-6;1-3-5-4-2/h2-5H,1H3;3-5H2,1-2H3. The Morgan fingerprint density at radius 3 is 1.69 bits per heavy atom. The van der Waals surface area contributed by atoms with E-state index < -0.39 is 0 Å². The molecule has 0 unspecified atom stereocenters. The zero-order valence-corrected chi connectivity index (χ0v) is 9.56. The lowest BCUT2D eigenvalue weighted by Crippen LogP contribution is -1.66. The Balaban J connectivity index is 0.000000252. The molecular weight excluding hydrogens is 180 g/mol. The van der Waals surface area contributed by atoms with Crippen molar-refractivity contribution in [1.29, 1.82) is 0 Å². The Kier molecular flexibility index (Phi) is 7.82. The SMILES string of the molecule is CCCCC.Cc1ccc(Cl)cc1. The smallest absolute Gasteiger partial charge is 0.0406 e. The lowest BCUT2D eigenvalue weighted by molar-refractivity contribution is 0.772. The summed E-state index contributed by atoms with van der Waals surface area (Å²) in [5.74, 6) is 0. The highest BCUT2D eigenvalue weighted by molar-refractivity contribution is 6.30. The summed E-state index contributed by atoms with van der Waals surface area (Å²) in [6.45, 7) is 6.46. The number of aryl methyl sites for hydroxylation is 1. The normalized spacial score (nSPS) is 8.92. The van der Waals surface area contributed by atoms with Crippen LogP contribution in [0.15, 0.2) is 24.3 Å². The second-order valence-corrected chi connectivity index (χ2v) is 3.59. The van der Waals surface area contributed by atoms with Crippen molar-refractivity contribution in [3.05, 3.63) is 34.9 Å². The fourth-order valence-electron chi connectivity index (χ4n) is 0.887. The van der Waals surface area contributed by atoms with Crippen LogP contribution in [0.25, 0.3) is 0 Å². The summed E-state index contributed by atoms with van der Waals surface area (Å²) in [5, 5.41) is 0.801. The summed E-state index contributed by atoms with van der Waals surface area (Å²) in [4.78, 5) is 0. The Morgan fingerprint density at radius 2 is 1.46 bits per heavy atom. The van der Waals surface area contributed by atoms with Crippen molar-refractivity contribution in [2.75, 3.05) is 0 Å². The van der Waals surface area contributed by atoms with Gasteiger partial charge >= 0.3 is 0 Å². The molecule has 1 rings (SSSR count). The van der Waals surface area contributed by atoms with Gasteiger partial charge in [-0.15, -0.1) is 0 Å². The first kappa shape index (κ1) is 12.5. The van der Waals surface area contributed by atoms with Gasteiger partial charge in [-0.2, -0.15) is 0 Å². The molecule has 0 fully saturated rings. The van der Waals surface area contributed by atoms with E-state index in [-0.39, 0.29) is 0 Å². The number of halogens is 1. The maximum atomic E-state index is 5.61. The molecule has 0 N–H and O–H groups in total. The molecule has 0 amide bonds. The molecule has 13 heavy (non-hydrogen) atoms. The van der Waals surface area contributed by atoms with Crippen LogP contribution in [0.1, 0.15) is 38.7 Å². The van der Waals surface area contributed by atoms with Crippen molar-refractivity contribution in [1.82, 2.24) is 0 Å². The summed E-state index contributed by atoms with van der Waals surface area (Å²) in [6.07, 6.45) is 4.08. The highest BCUT2D eigenvalue weighted by atomic mass is 35.5. The van der Waals surface area contributed by atoms with Gasteiger partial charge in [0.2, 0.25) is 0 Å². The van der Waals surface area contributed by atoms with Gasteiger partial charge in [-0.3, -0.25) is 0 Å². The third kappa shape index (κ3) is 7.86. The maximum absolute atomic E-state index is 5.61. The lowest BCUT2D eigenvalue weighted by atomic mass is 10.2. The fraction of sp³-hybridized carbons (Fsp3) is 0.500. The molecule has 0 aliphatic heterocycles. The maximum Gasteiger partial charge on any atom is 0.0406 e. The molecule has 0 aliphatic rings. The number of rotatable bonds is 2. The van der Waals surface area contributed by atoms with Gasteiger partial charge in [0.15, 0.2) is 0 Å². The highest BCUT2D eigenvalue weighted by Crippen LogP contribution is 2.07. The molecule has 1 aromatic carbocycles. The molecule has 1 aromatic rings. The molecule has 0 bridgehead atoms. The molecule has 0 spiro atoms. The topological polar surface area (TPSA) is 0 Å². The zero-order chi connectivity index (χ0) is 10.1. The van der Waals surface area contributed by atoms with Crippen molar-refractivity contribution in [2.24, 2.45) is 0 Å². The Morgan fingerprint density at radius 1 is 1.00 bits per heavy atom. The second-order valence-electron chi connectivity index (χ2n) is 3.15. The predicted molar refractivity (Wildman–Crippen MR) is 61.4 cm³/mol. The van der Waals surface area contributed by atoms with Crippen LogP contribution in [-0.4, -0.2) is 0 Å². The van der Waals surface area contributed by atoms with Crippen molar-refractivity contribution in [3.63, 3.8) is 0 Å². The van der Waals surface area contributed by atoms with Gasteiger partial charge < -0.3 is 0 Å². The first-order chi connectivity index (χ1) is 6.20. The Bertz CT molecular complexity index is 178. The van der Waals surface area contributed by atoms with Crippen LogP contribution in [0, 0.1) is 6.92 Å². The van der Waals surface area contributed by atoms with Gasteiger partial charge in [0.1, 0.15) is 0 Å². The van der Waals surface area contributed by atoms with E-state index in [1.807, 2.05) is 31.2 Å². The minimum atomic E-state index is 0.801. The van der Waals surface area contributed by atoms with Crippen molar-refractivity contribution < 1.29 is 0 Å². The Labute approximate surface area is 86.9 Å². The highest BCUT2D eigenvalue weighted by Gasteiger charge is 1.81. The molecule has 0 heterocycles. The van der Waals surface area contributed by atoms with E-state index in [2.05, 4.69) is 13.8 Å². The van der Waals surface area contributed by atoms with Crippen LogP contribution in [0.3, 0.4) is 0 Å².